The zero-order valence-corrected chi connectivity index (χ0v) is 17.8. The van der Waals surface area contributed by atoms with E-state index in [0.717, 1.165) is 19.3 Å². The van der Waals surface area contributed by atoms with E-state index >= 15 is 0 Å². The first-order chi connectivity index (χ1) is 12.3. The fraction of sp³-hybridized carbons (Fsp3) is 0.619. The van der Waals surface area contributed by atoms with E-state index in [-0.39, 0.29) is 27.2 Å². The number of hydrogen-bond acceptors (Lipinski definition) is 3. The van der Waals surface area contributed by atoms with E-state index in [9.17, 15) is 17.2 Å². The van der Waals surface area contributed by atoms with Gasteiger partial charge in [-0.1, -0.05) is 52.8 Å². The van der Waals surface area contributed by atoms with Crippen LogP contribution in [0.3, 0.4) is 0 Å². The lowest BCUT2D eigenvalue weighted by molar-refractivity contribution is 0.0818. The molecule has 0 saturated carbocycles. The molecule has 0 unspecified atom stereocenters. The first-order valence-corrected chi connectivity index (χ1v) is 10.9. The van der Waals surface area contributed by atoms with E-state index in [1.807, 2.05) is 13.8 Å². The Kier molecular flexibility index (Phi) is 8.46. The van der Waals surface area contributed by atoms with Crippen molar-refractivity contribution in [2.75, 3.05) is 12.4 Å². The van der Waals surface area contributed by atoms with Gasteiger partial charge in [-0.05, 0) is 48.3 Å². The molecule has 0 amide bonds. The van der Waals surface area contributed by atoms with Crippen LogP contribution in [0, 0.1) is 10.8 Å². The highest BCUT2D eigenvalue weighted by atomic mass is 32.2. The molecule has 0 fully saturated rings. The highest BCUT2D eigenvalue weighted by molar-refractivity contribution is 7.91. The molecule has 0 saturated heterocycles. The predicted molar refractivity (Wildman–Crippen MR) is 106 cm³/mol. The number of rotatable bonds is 10. The summed E-state index contributed by atoms with van der Waals surface area (Å²) in [4.78, 5) is 0.106. The van der Waals surface area contributed by atoms with Crippen LogP contribution >= 0.6 is 0 Å². The van der Waals surface area contributed by atoms with Gasteiger partial charge in [0.1, 0.15) is 12.4 Å². The number of halogens is 2. The average molecular weight is 403 g/mol. The molecule has 1 rings (SSSR count). The molecule has 0 aliphatic heterocycles. The molecule has 0 aliphatic carbocycles. The molecule has 0 radical (unpaired) electrons. The third-order valence-electron chi connectivity index (χ3n) is 3.96. The molecule has 27 heavy (non-hydrogen) atoms. The Hall–Kier alpha value is -1.43. The minimum atomic E-state index is -3.53. The van der Waals surface area contributed by atoms with Crippen LogP contribution in [0.4, 0.5) is 8.78 Å². The Morgan fingerprint density at radius 2 is 1.81 bits per heavy atom. The van der Waals surface area contributed by atoms with Crippen LogP contribution < -0.4 is 4.74 Å². The Morgan fingerprint density at radius 3 is 2.41 bits per heavy atom. The summed E-state index contributed by atoms with van der Waals surface area (Å²) in [5.41, 5.74) is -0.232. The van der Waals surface area contributed by atoms with Gasteiger partial charge in [-0.2, -0.15) is 0 Å². The molecule has 0 N–H and O–H groups in total. The van der Waals surface area contributed by atoms with E-state index in [4.69, 9.17) is 4.74 Å². The number of ether oxygens (including phenoxy) is 1. The maximum Gasteiger partial charge on any atom is 0.272 e. The SMILES string of the molecule is CC(C)(C)/C=C/CCCC(C)(C)CS(=O)(=O)c1cccc(OCC(F)F)c1. The van der Waals surface area contributed by atoms with E-state index in [2.05, 4.69) is 32.9 Å². The van der Waals surface area contributed by atoms with Crippen LogP contribution in [0.25, 0.3) is 0 Å². The Balaban J connectivity index is 2.69. The first kappa shape index (κ1) is 23.6. The van der Waals surface area contributed by atoms with Crippen molar-refractivity contribution in [3.63, 3.8) is 0 Å². The van der Waals surface area contributed by atoms with E-state index in [0.29, 0.717) is 0 Å². The molecule has 0 bridgehead atoms. The van der Waals surface area contributed by atoms with Crippen molar-refractivity contribution in [3.05, 3.63) is 36.4 Å². The minimum absolute atomic E-state index is 0.00128. The lowest BCUT2D eigenvalue weighted by Crippen LogP contribution is -2.24. The van der Waals surface area contributed by atoms with Gasteiger partial charge in [0.25, 0.3) is 6.43 Å². The lowest BCUT2D eigenvalue weighted by Gasteiger charge is -2.24. The summed E-state index contributed by atoms with van der Waals surface area (Å²) in [7, 11) is -3.53. The molecule has 154 valence electrons. The van der Waals surface area contributed by atoms with Gasteiger partial charge in [0, 0.05) is 0 Å². The maximum absolute atomic E-state index is 12.7. The summed E-state index contributed by atoms with van der Waals surface area (Å²) < 4.78 is 54.9. The second kappa shape index (κ2) is 9.67. The number of sulfone groups is 1. The van der Waals surface area contributed by atoms with Gasteiger partial charge >= 0.3 is 0 Å². The zero-order chi connectivity index (χ0) is 20.7. The van der Waals surface area contributed by atoms with Gasteiger partial charge in [-0.25, -0.2) is 17.2 Å². The monoisotopic (exact) mass is 402 g/mol. The number of unbranched alkanes of at least 4 members (excludes halogenated alkanes) is 1. The van der Waals surface area contributed by atoms with Crippen LogP contribution in [0.2, 0.25) is 0 Å². The summed E-state index contributed by atoms with van der Waals surface area (Å²) in [5.74, 6) is 0.142. The third kappa shape index (κ3) is 9.89. The molecule has 3 nitrogen and oxygen atoms in total. The van der Waals surface area contributed by atoms with Crippen molar-refractivity contribution in [2.24, 2.45) is 10.8 Å². The first-order valence-electron chi connectivity index (χ1n) is 9.22. The van der Waals surface area contributed by atoms with Crippen molar-refractivity contribution in [2.45, 2.75) is 65.2 Å². The smallest absolute Gasteiger partial charge is 0.272 e. The number of hydrogen-bond donors (Lipinski definition) is 0. The molecule has 1 aromatic carbocycles. The normalized spacial score (nSPS) is 13.5. The van der Waals surface area contributed by atoms with Gasteiger partial charge in [-0.15, -0.1) is 0 Å². The number of benzene rings is 1. The quantitative estimate of drug-likeness (QED) is 0.361. The number of allylic oxidation sites excluding steroid dienone is 2. The van der Waals surface area contributed by atoms with Gasteiger partial charge in [0.2, 0.25) is 0 Å². The van der Waals surface area contributed by atoms with Crippen LogP contribution in [0.5, 0.6) is 5.75 Å². The highest BCUT2D eigenvalue weighted by Gasteiger charge is 2.27. The molecular weight excluding hydrogens is 370 g/mol. The highest BCUT2D eigenvalue weighted by Crippen LogP contribution is 2.29. The maximum atomic E-state index is 12.7. The van der Waals surface area contributed by atoms with E-state index in [1.54, 1.807) is 0 Å². The van der Waals surface area contributed by atoms with Crippen molar-refractivity contribution >= 4 is 9.84 Å². The number of alkyl halides is 2. The minimum Gasteiger partial charge on any atom is -0.488 e. The van der Waals surface area contributed by atoms with Crippen molar-refractivity contribution < 1.29 is 21.9 Å². The molecule has 1 aromatic rings. The molecule has 0 aromatic heterocycles. The fourth-order valence-electron chi connectivity index (χ4n) is 2.72. The fourth-order valence-corrected chi connectivity index (χ4v) is 4.64. The second-order valence-corrected chi connectivity index (χ2v) is 10.8. The Morgan fingerprint density at radius 1 is 1.15 bits per heavy atom. The molecule has 0 atom stereocenters. The Bertz CT molecular complexity index is 717. The summed E-state index contributed by atoms with van der Waals surface area (Å²) in [6, 6.07) is 5.79. The van der Waals surface area contributed by atoms with Gasteiger partial charge in [0.15, 0.2) is 9.84 Å². The van der Waals surface area contributed by atoms with Crippen LogP contribution in [0.1, 0.15) is 53.9 Å². The summed E-state index contributed by atoms with van der Waals surface area (Å²) >= 11 is 0. The summed E-state index contributed by atoms with van der Waals surface area (Å²) in [5, 5.41) is 0. The zero-order valence-electron chi connectivity index (χ0n) is 17.0. The molecule has 0 spiro atoms. The Labute approximate surface area is 162 Å². The lowest BCUT2D eigenvalue weighted by atomic mass is 9.89. The third-order valence-corrected chi connectivity index (χ3v) is 6.10. The summed E-state index contributed by atoms with van der Waals surface area (Å²) in [6.45, 7) is 9.54. The molecule has 0 heterocycles. The second-order valence-electron chi connectivity index (χ2n) is 8.76. The molecule has 6 heteroatoms. The predicted octanol–water partition coefficient (Wildman–Crippen LogP) is 5.90. The van der Waals surface area contributed by atoms with Crippen molar-refractivity contribution in [1.29, 1.82) is 0 Å². The van der Waals surface area contributed by atoms with Gasteiger partial charge in [-0.3, -0.25) is 0 Å². The molecular formula is C21H32F2O3S. The molecule has 0 aliphatic rings. The standard InChI is InChI=1S/C21H32F2O3S/c1-20(2,3)12-7-6-8-13-21(4,5)16-27(24,25)18-11-9-10-17(14-18)26-15-19(22)23/h7,9-12,14,19H,6,8,13,15-16H2,1-5H3/b12-7+. The van der Waals surface area contributed by atoms with Crippen LogP contribution in [-0.2, 0) is 9.84 Å². The topological polar surface area (TPSA) is 43.4 Å². The van der Waals surface area contributed by atoms with E-state index in [1.165, 1.54) is 24.3 Å². The van der Waals surface area contributed by atoms with Crippen LogP contribution in [-0.4, -0.2) is 27.2 Å². The summed E-state index contributed by atoms with van der Waals surface area (Å²) in [6.07, 6.45) is 4.32. The van der Waals surface area contributed by atoms with Crippen molar-refractivity contribution in [3.8, 4) is 5.75 Å². The van der Waals surface area contributed by atoms with Gasteiger partial charge in [0.05, 0.1) is 10.6 Å². The average Bonchev–Trinajstić information content (AvgIpc) is 2.50. The van der Waals surface area contributed by atoms with Crippen LogP contribution in [0.15, 0.2) is 41.3 Å². The van der Waals surface area contributed by atoms with Crippen molar-refractivity contribution in [1.82, 2.24) is 0 Å². The van der Waals surface area contributed by atoms with Gasteiger partial charge < -0.3 is 4.74 Å². The van der Waals surface area contributed by atoms with E-state index < -0.39 is 22.9 Å². The largest absolute Gasteiger partial charge is 0.488 e.